The predicted octanol–water partition coefficient (Wildman–Crippen LogP) is 12.9. The van der Waals surface area contributed by atoms with E-state index in [9.17, 15) is 19.5 Å². The minimum atomic E-state index is -1.28. The zero-order valence-corrected chi connectivity index (χ0v) is 33.5. The quantitative estimate of drug-likeness (QED) is 0.0266. The number of ketones is 1. The standard InChI is InChI=1S/C49H65NO4/c1-4-6-8-10-12-14-16-17-19-21-23-25-43(51)40-31-28-38-37-29-32-41(48(52)50-34-24-22-20-18-15-13-11-9-7-5-2)44-35(3)26-27-36(45(37)44)39-30-33-42(49(53)54)47(40)46(38)39/h26-33H,4-25,34H2,1-3H3,(H,50,52)(H,53,54)/p-1. The number of carboxylic acid groups (broad SMARTS) is 1. The molecular formula is C49H64NO4-. The fourth-order valence-electron chi connectivity index (χ4n) is 8.65. The number of Topliss-reactive ketones (excluding diaryl/α,β-unsaturated/α-hetero) is 1. The summed E-state index contributed by atoms with van der Waals surface area (Å²) in [6.45, 7) is 7.20. The van der Waals surface area contributed by atoms with Gasteiger partial charge in [0.05, 0.1) is 5.97 Å². The number of nitrogens with one attached hydrogen (secondary N) is 1. The zero-order chi connectivity index (χ0) is 38.3. The highest BCUT2D eigenvalue weighted by atomic mass is 16.4. The molecule has 5 rings (SSSR count). The van der Waals surface area contributed by atoms with Crippen LogP contribution in [0.4, 0.5) is 0 Å². The third-order valence-corrected chi connectivity index (χ3v) is 11.7. The van der Waals surface area contributed by atoms with Gasteiger partial charge in [-0.1, -0.05) is 178 Å². The molecule has 0 heterocycles. The molecule has 1 amide bonds. The highest BCUT2D eigenvalue weighted by Crippen LogP contribution is 2.44. The molecule has 0 aliphatic heterocycles. The second-order valence-corrected chi connectivity index (χ2v) is 15.8. The molecule has 54 heavy (non-hydrogen) atoms. The highest BCUT2D eigenvalue weighted by Gasteiger charge is 2.22. The first-order valence-electron chi connectivity index (χ1n) is 21.6. The number of carboxylic acids is 1. The van der Waals surface area contributed by atoms with E-state index in [-0.39, 0.29) is 17.3 Å². The third-order valence-electron chi connectivity index (χ3n) is 11.7. The minimum Gasteiger partial charge on any atom is -0.545 e. The Kier molecular flexibility index (Phi) is 16.2. The molecule has 5 aromatic rings. The predicted molar refractivity (Wildman–Crippen MR) is 226 cm³/mol. The molecule has 5 aromatic carbocycles. The van der Waals surface area contributed by atoms with E-state index in [2.05, 4.69) is 25.2 Å². The number of rotatable bonds is 26. The van der Waals surface area contributed by atoms with E-state index in [1.54, 1.807) is 6.07 Å². The van der Waals surface area contributed by atoms with Crippen molar-refractivity contribution in [3.63, 3.8) is 0 Å². The molecule has 0 aliphatic carbocycles. The van der Waals surface area contributed by atoms with Crippen molar-refractivity contribution in [2.24, 2.45) is 0 Å². The van der Waals surface area contributed by atoms with Crippen LogP contribution in [0.5, 0.6) is 0 Å². The molecule has 0 saturated carbocycles. The summed E-state index contributed by atoms with van der Waals surface area (Å²) in [6, 6.07) is 15.3. The maximum atomic E-state index is 13.8. The van der Waals surface area contributed by atoms with Gasteiger partial charge < -0.3 is 15.2 Å². The largest absolute Gasteiger partial charge is 0.545 e. The van der Waals surface area contributed by atoms with Crippen LogP contribution in [0.2, 0.25) is 0 Å². The second-order valence-electron chi connectivity index (χ2n) is 15.8. The van der Waals surface area contributed by atoms with Gasteiger partial charge in [0.2, 0.25) is 0 Å². The van der Waals surface area contributed by atoms with Crippen molar-refractivity contribution >= 4 is 60.7 Å². The molecule has 0 radical (unpaired) electrons. The fourth-order valence-corrected chi connectivity index (χ4v) is 8.65. The molecule has 1 N–H and O–H groups in total. The highest BCUT2D eigenvalue weighted by molar-refractivity contribution is 6.37. The van der Waals surface area contributed by atoms with Crippen LogP contribution in [0, 0.1) is 6.92 Å². The lowest BCUT2D eigenvalue weighted by Gasteiger charge is -2.20. The smallest absolute Gasteiger partial charge is 0.251 e. The van der Waals surface area contributed by atoms with E-state index >= 15 is 0 Å². The molecule has 5 nitrogen and oxygen atoms in total. The van der Waals surface area contributed by atoms with E-state index in [4.69, 9.17) is 0 Å². The Morgan fingerprint density at radius 3 is 1.37 bits per heavy atom. The summed E-state index contributed by atoms with van der Waals surface area (Å²) < 4.78 is 0. The number of carbonyl (C=O) groups excluding carboxylic acids is 3. The molecule has 0 atom stereocenters. The van der Waals surface area contributed by atoms with Crippen molar-refractivity contribution in [2.45, 2.75) is 162 Å². The van der Waals surface area contributed by atoms with Gasteiger partial charge in [0.15, 0.2) is 5.78 Å². The van der Waals surface area contributed by atoms with Crippen LogP contribution < -0.4 is 10.4 Å². The Balaban J connectivity index is 1.31. The summed E-state index contributed by atoms with van der Waals surface area (Å²) in [6.07, 6.45) is 26.2. The molecule has 0 unspecified atom stereocenters. The van der Waals surface area contributed by atoms with Crippen molar-refractivity contribution in [1.29, 1.82) is 0 Å². The average Bonchev–Trinajstić information content (AvgIpc) is 3.17. The van der Waals surface area contributed by atoms with Gasteiger partial charge in [0.1, 0.15) is 0 Å². The van der Waals surface area contributed by atoms with Crippen molar-refractivity contribution in [2.75, 3.05) is 6.54 Å². The Morgan fingerprint density at radius 1 is 0.463 bits per heavy atom. The Morgan fingerprint density at radius 2 is 0.870 bits per heavy atom. The number of hydrogen-bond acceptors (Lipinski definition) is 4. The monoisotopic (exact) mass is 730 g/mol. The van der Waals surface area contributed by atoms with E-state index in [1.165, 1.54) is 103 Å². The molecule has 0 bridgehead atoms. The maximum Gasteiger partial charge on any atom is 0.251 e. The molecule has 0 saturated heterocycles. The summed E-state index contributed by atoms with van der Waals surface area (Å²) in [7, 11) is 0. The summed E-state index contributed by atoms with van der Waals surface area (Å²) in [5.41, 5.74) is 2.18. The first kappa shape index (κ1) is 41.2. The molecule has 0 aliphatic rings. The van der Waals surface area contributed by atoms with Crippen molar-refractivity contribution in [3.8, 4) is 0 Å². The van der Waals surface area contributed by atoms with Gasteiger partial charge in [0.25, 0.3) is 5.91 Å². The first-order valence-corrected chi connectivity index (χ1v) is 21.6. The van der Waals surface area contributed by atoms with Gasteiger partial charge in [-0.25, -0.2) is 0 Å². The SMILES string of the molecule is CCCCCCCCCCCCCC(=O)c1ccc2c3ccc(C(=O)NCCCCCCCCCCCC)c4c(C)ccc(c5ccc(C(=O)[O-])c1c52)c43. The number of amides is 1. The normalized spacial score (nSPS) is 11.8. The molecule has 0 spiro atoms. The van der Waals surface area contributed by atoms with Crippen LogP contribution >= 0.6 is 0 Å². The molecule has 5 heteroatoms. The van der Waals surface area contributed by atoms with Crippen LogP contribution in [0.1, 0.15) is 192 Å². The number of aryl methyl sites for hydroxylation is 1. The fraction of sp³-hybridized carbons (Fsp3) is 0.531. The molecule has 290 valence electrons. The van der Waals surface area contributed by atoms with Crippen LogP contribution in [0.25, 0.3) is 43.1 Å². The van der Waals surface area contributed by atoms with Crippen molar-refractivity contribution in [3.05, 3.63) is 70.8 Å². The maximum absolute atomic E-state index is 13.8. The van der Waals surface area contributed by atoms with E-state index in [0.717, 1.165) is 75.4 Å². The Bertz CT molecular complexity index is 1970. The van der Waals surface area contributed by atoms with Crippen LogP contribution in [-0.2, 0) is 0 Å². The van der Waals surface area contributed by atoms with E-state index in [0.29, 0.717) is 29.5 Å². The van der Waals surface area contributed by atoms with E-state index < -0.39 is 5.97 Å². The van der Waals surface area contributed by atoms with Gasteiger partial charge in [-0.3, -0.25) is 9.59 Å². The summed E-state index contributed by atoms with van der Waals surface area (Å²) in [4.78, 5) is 40.0. The summed E-state index contributed by atoms with van der Waals surface area (Å²) in [5, 5.41) is 22.6. The minimum absolute atomic E-state index is 0.0218. The van der Waals surface area contributed by atoms with Crippen molar-refractivity contribution < 1.29 is 19.5 Å². The number of unbranched alkanes of at least 4 members (excludes halogenated alkanes) is 19. The first-order chi connectivity index (χ1) is 26.4. The third kappa shape index (κ3) is 10.2. The number of aromatic carboxylic acids is 1. The lowest BCUT2D eigenvalue weighted by atomic mass is 9.83. The van der Waals surface area contributed by atoms with E-state index in [1.807, 2.05) is 43.3 Å². The van der Waals surface area contributed by atoms with Gasteiger partial charge in [-0.05, 0) is 69.1 Å². The van der Waals surface area contributed by atoms with Gasteiger partial charge >= 0.3 is 0 Å². The Hall–Kier alpha value is -3.99. The number of hydrogen-bond donors (Lipinski definition) is 1. The topological polar surface area (TPSA) is 86.3 Å². The number of benzene rings is 5. The number of fused-ring (bicyclic) bond motifs is 2. The second kappa shape index (κ2) is 21.2. The van der Waals surface area contributed by atoms with Crippen LogP contribution in [-0.4, -0.2) is 24.2 Å². The van der Waals surface area contributed by atoms with Gasteiger partial charge in [-0.2, -0.15) is 0 Å². The van der Waals surface area contributed by atoms with Gasteiger partial charge in [0, 0.05) is 35.0 Å². The number of carbonyl (C=O) groups is 3. The molecule has 0 aromatic heterocycles. The Labute approximate surface area is 324 Å². The zero-order valence-electron chi connectivity index (χ0n) is 33.5. The summed E-state index contributed by atoms with van der Waals surface area (Å²) >= 11 is 0. The van der Waals surface area contributed by atoms with Crippen LogP contribution in [0.3, 0.4) is 0 Å². The molecular weight excluding hydrogens is 667 g/mol. The lowest BCUT2D eigenvalue weighted by Crippen LogP contribution is -2.24. The average molecular weight is 731 g/mol. The van der Waals surface area contributed by atoms with Crippen molar-refractivity contribution in [1.82, 2.24) is 5.32 Å². The summed E-state index contributed by atoms with van der Waals surface area (Å²) in [5.74, 6) is -1.37. The van der Waals surface area contributed by atoms with Gasteiger partial charge in [-0.15, -0.1) is 0 Å². The molecule has 0 fully saturated rings. The lowest BCUT2D eigenvalue weighted by molar-refractivity contribution is -0.254. The van der Waals surface area contributed by atoms with Crippen LogP contribution in [0.15, 0.2) is 48.5 Å².